The number of aryl methyl sites for hydroxylation is 1. The van der Waals surface area contributed by atoms with Gasteiger partial charge in [-0.05, 0) is 37.5 Å². The van der Waals surface area contributed by atoms with E-state index in [1.165, 1.54) is 23.9 Å². The van der Waals surface area contributed by atoms with Gasteiger partial charge in [-0.15, -0.1) is 0 Å². The quantitative estimate of drug-likeness (QED) is 0.633. The van der Waals surface area contributed by atoms with Gasteiger partial charge in [0, 0.05) is 19.0 Å². The molecule has 1 aromatic carbocycles. The van der Waals surface area contributed by atoms with Crippen molar-refractivity contribution in [3.8, 4) is 0 Å². The SMILES string of the molecule is Cc1ccc(C/C(=N\OC2CCCCO2)c2cc(C(=O)O)ccn2)cc1. The molecule has 1 aromatic heterocycles. The Morgan fingerprint density at radius 3 is 2.81 bits per heavy atom. The van der Waals surface area contributed by atoms with Crippen LogP contribution in [0.1, 0.15) is 46.4 Å². The third-order valence-electron chi connectivity index (χ3n) is 4.21. The van der Waals surface area contributed by atoms with Gasteiger partial charge in [0.15, 0.2) is 0 Å². The Morgan fingerprint density at radius 1 is 1.31 bits per heavy atom. The van der Waals surface area contributed by atoms with Crippen LogP contribution in [-0.2, 0) is 16.0 Å². The van der Waals surface area contributed by atoms with Gasteiger partial charge in [-0.2, -0.15) is 0 Å². The summed E-state index contributed by atoms with van der Waals surface area (Å²) >= 11 is 0. The van der Waals surface area contributed by atoms with Crippen molar-refractivity contribution in [2.75, 3.05) is 6.61 Å². The van der Waals surface area contributed by atoms with E-state index in [0.29, 0.717) is 24.4 Å². The summed E-state index contributed by atoms with van der Waals surface area (Å²) in [6, 6.07) is 11.1. The molecule has 6 nitrogen and oxygen atoms in total. The molecule has 0 saturated carbocycles. The molecule has 1 atom stereocenters. The molecule has 1 N–H and O–H groups in total. The van der Waals surface area contributed by atoms with Crippen LogP contribution in [0.25, 0.3) is 0 Å². The Bertz CT molecular complexity index is 781. The zero-order chi connectivity index (χ0) is 18.4. The fraction of sp³-hybridized carbons (Fsp3) is 0.350. The van der Waals surface area contributed by atoms with Gasteiger partial charge in [-0.25, -0.2) is 4.79 Å². The summed E-state index contributed by atoms with van der Waals surface area (Å²) in [6.07, 6.45) is 4.47. The zero-order valence-electron chi connectivity index (χ0n) is 14.7. The van der Waals surface area contributed by atoms with Gasteiger partial charge in [0.05, 0.1) is 17.9 Å². The molecule has 1 aliphatic rings. The molecular weight excluding hydrogens is 332 g/mol. The van der Waals surface area contributed by atoms with Crippen molar-refractivity contribution in [2.24, 2.45) is 5.16 Å². The summed E-state index contributed by atoms with van der Waals surface area (Å²) in [5.74, 6) is -1.00. The Balaban J connectivity index is 1.85. The fourth-order valence-electron chi connectivity index (χ4n) is 2.71. The standard InChI is InChI=1S/C20H22N2O4/c1-14-5-7-15(8-6-14)12-18(22-26-19-4-2-3-11-25-19)17-13-16(20(23)24)9-10-21-17/h5-10,13,19H,2-4,11-12H2,1H3,(H,23,24)/b22-18+. The summed E-state index contributed by atoms with van der Waals surface area (Å²) in [5.41, 5.74) is 3.45. The van der Waals surface area contributed by atoms with Gasteiger partial charge in [0.1, 0.15) is 5.71 Å². The Morgan fingerprint density at radius 2 is 2.12 bits per heavy atom. The van der Waals surface area contributed by atoms with E-state index >= 15 is 0 Å². The lowest BCUT2D eigenvalue weighted by Crippen LogP contribution is -2.21. The number of oxime groups is 1. The molecule has 3 rings (SSSR count). The maximum atomic E-state index is 11.3. The van der Waals surface area contributed by atoms with Crippen molar-refractivity contribution >= 4 is 11.7 Å². The highest BCUT2D eigenvalue weighted by atomic mass is 16.8. The number of hydrogen-bond acceptors (Lipinski definition) is 5. The Hall–Kier alpha value is -2.73. The lowest BCUT2D eigenvalue weighted by molar-refractivity contribution is -0.162. The van der Waals surface area contributed by atoms with Crippen molar-refractivity contribution in [1.29, 1.82) is 0 Å². The van der Waals surface area contributed by atoms with Gasteiger partial charge >= 0.3 is 5.97 Å². The first-order chi connectivity index (χ1) is 12.6. The second kappa shape index (κ2) is 8.58. The number of aromatic nitrogens is 1. The summed E-state index contributed by atoms with van der Waals surface area (Å²) < 4.78 is 5.55. The molecule has 1 unspecified atom stereocenters. The zero-order valence-corrected chi connectivity index (χ0v) is 14.7. The predicted molar refractivity (Wildman–Crippen MR) is 97.3 cm³/mol. The first kappa shape index (κ1) is 18.1. The summed E-state index contributed by atoms with van der Waals surface area (Å²) in [6.45, 7) is 2.69. The smallest absolute Gasteiger partial charge is 0.335 e. The molecule has 1 aliphatic heterocycles. The van der Waals surface area contributed by atoms with Crippen LogP contribution in [0, 0.1) is 6.92 Å². The van der Waals surface area contributed by atoms with Crippen molar-refractivity contribution in [1.82, 2.24) is 4.98 Å². The van der Waals surface area contributed by atoms with Crippen LogP contribution in [0.15, 0.2) is 47.8 Å². The lowest BCUT2D eigenvalue weighted by Gasteiger charge is -2.20. The van der Waals surface area contributed by atoms with Crippen LogP contribution in [-0.4, -0.2) is 34.7 Å². The lowest BCUT2D eigenvalue weighted by atomic mass is 10.0. The second-order valence-corrected chi connectivity index (χ2v) is 6.34. The number of aromatic carboxylic acids is 1. The van der Waals surface area contributed by atoms with Gasteiger partial charge in [-0.3, -0.25) is 4.98 Å². The first-order valence-electron chi connectivity index (χ1n) is 8.71. The molecule has 0 amide bonds. The largest absolute Gasteiger partial charge is 0.478 e. The van der Waals surface area contributed by atoms with Gasteiger partial charge < -0.3 is 14.7 Å². The van der Waals surface area contributed by atoms with Crippen molar-refractivity contribution in [3.63, 3.8) is 0 Å². The van der Waals surface area contributed by atoms with E-state index in [9.17, 15) is 9.90 Å². The molecule has 1 fully saturated rings. The number of hydrogen-bond donors (Lipinski definition) is 1. The van der Waals surface area contributed by atoms with E-state index in [2.05, 4.69) is 10.1 Å². The topological polar surface area (TPSA) is 81.0 Å². The molecule has 2 heterocycles. The molecular formula is C20H22N2O4. The minimum Gasteiger partial charge on any atom is -0.478 e. The predicted octanol–water partition coefficient (Wildman–Crippen LogP) is 3.58. The molecule has 26 heavy (non-hydrogen) atoms. The highest BCUT2D eigenvalue weighted by Crippen LogP contribution is 2.16. The highest BCUT2D eigenvalue weighted by molar-refractivity contribution is 6.01. The fourth-order valence-corrected chi connectivity index (χ4v) is 2.71. The van der Waals surface area contributed by atoms with E-state index in [1.54, 1.807) is 0 Å². The summed E-state index contributed by atoms with van der Waals surface area (Å²) in [4.78, 5) is 21.1. The normalized spacial score (nSPS) is 17.7. The maximum absolute atomic E-state index is 11.3. The first-order valence-corrected chi connectivity index (χ1v) is 8.71. The summed E-state index contributed by atoms with van der Waals surface area (Å²) in [5, 5.41) is 13.5. The van der Waals surface area contributed by atoms with Gasteiger partial charge in [0.2, 0.25) is 6.29 Å². The number of rotatable bonds is 6. The van der Waals surface area contributed by atoms with Gasteiger partial charge in [0.25, 0.3) is 0 Å². The highest BCUT2D eigenvalue weighted by Gasteiger charge is 2.17. The van der Waals surface area contributed by atoms with Crippen molar-refractivity contribution < 1.29 is 19.5 Å². The number of carboxylic acid groups (broad SMARTS) is 1. The molecule has 2 aromatic rings. The number of carboxylic acids is 1. The van der Waals surface area contributed by atoms with E-state index in [1.807, 2.05) is 31.2 Å². The van der Waals surface area contributed by atoms with Gasteiger partial charge in [-0.1, -0.05) is 35.0 Å². The molecule has 0 spiro atoms. The molecule has 0 aliphatic carbocycles. The van der Waals surface area contributed by atoms with Crippen LogP contribution in [0.5, 0.6) is 0 Å². The molecule has 136 valence electrons. The average Bonchev–Trinajstić information content (AvgIpc) is 2.67. The Labute approximate surface area is 152 Å². The minimum atomic E-state index is -1.00. The van der Waals surface area contributed by atoms with Crippen LogP contribution < -0.4 is 0 Å². The van der Waals surface area contributed by atoms with E-state index in [0.717, 1.165) is 24.8 Å². The minimum absolute atomic E-state index is 0.167. The van der Waals surface area contributed by atoms with E-state index in [4.69, 9.17) is 9.57 Å². The molecule has 0 radical (unpaired) electrons. The van der Waals surface area contributed by atoms with E-state index in [-0.39, 0.29) is 11.9 Å². The maximum Gasteiger partial charge on any atom is 0.335 e. The monoisotopic (exact) mass is 354 g/mol. The molecule has 0 bridgehead atoms. The second-order valence-electron chi connectivity index (χ2n) is 6.34. The molecule has 6 heteroatoms. The van der Waals surface area contributed by atoms with Crippen LogP contribution in [0.2, 0.25) is 0 Å². The Kier molecular flexibility index (Phi) is 5.96. The third kappa shape index (κ3) is 4.89. The van der Waals surface area contributed by atoms with Crippen molar-refractivity contribution in [3.05, 3.63) is 65.0 Å². The van der Waals surface area contributed by atoms with Crippen molar-refractivity contribution in [2.45, 2.75) is 38.9 Å². The summed E-state index contributed by atoms with van der Waals surface area (Å²) in [7, 11) is 0. The number of nitrogens with zero attached hydrogens (tertiary/aromatic N) is 2. The number of ether oxygens (including phenoxy) is 1. The number of pyridine rings is 1. The molecule has 1 saturated heterocycles. The van der Waals surface area contributed by atoms with Crippen LogP contribution in [0.4, 0.5) is 0 Å². The van der Waals surface area contributed by atoms with E-state index < -0.39 is 5.97 Å². The van der Waals surface area contributed by atoms with Crippen LogP contribution >= 0.6 is 0 Å². The van der Waals surface area contributed by atoms with Crippen LogP contribution in [0.3, 0.4) is 0 Å². The number of benzene rings is 1. The third-order valence-corrected chi connectivity index (χ3v) is 4.21. The average molecular weight is 354 g/mol. The number of carbonyl (C=O) groups is 1.